The van der Waals surface area contributed by atoms with E-state index in [0.29, 0.717) is 17.0 Å². The van der Waals surface area contributed by atoms with Gasteiger partial charge in [-0.1, -0.05) is 25.4 Å². The van der Waals surface area contributed by atoms with E-state index in [1.165, 1.54) is 25.9 Å². The second kappa shape index (κ2) is 10.0. The van der Waals surface area contributed by atoms with Crippen LogP contribution >= 0.6 is 11.6 Å². The molecular weight excluding hydrogens is 410 g/mol. The standard InChI is InChI=1S/C25H32ClN3O2/c1-3-27(4-2)13-14-29-23-17-19(26)7-9-21(23)25(30)22-10-8-20(18-24(22)29)31-16-15-28-11-5-6-12-28/h7-10,17-18H,3-6,11-16H2,1-2H3. The van der Waals surface area contributed by atoms with Crippen LogP contribution in [0.1, 0.15) is 26.7 Å². The second-order valence-electron chi connectivity index (χ2n) is 8.25. The number of benzene rings is 2. The lowest BCUT2D eigenvalue weighted by Gasteiger charge is -2.22. The van der Waals surface area contributed by atoms with Crippen molar-refractivity contribution in [1.29, 1.82) is 0 Å². The van der Waals surface area contributed by atoms with Gasteiger partial charge < -0.3 is 14.2 Å². The van der Waals surface area contributed by atoms with Crippen LogP contribution in [0.3, 0.4) is 0 Å². The fourth-order valence-electron chi connectivity index (χ4n) is 4.53. The van der Waals surface area contributed by atoms with Gasteiger partial charge in [0.2, 0.25) is 0 Å². The fourth-order valence-corrected chi connectivity index (χ4v) is 4.70. The summed E-state index contributed by atoms with van der Waals surface area (Å²) in [5, 5.41) is 2.07. The van der Waals surface area contributed by atoms with Crippen LogP contribution in [0.25, 0.3) is 21.8 Å². The quantitative estimate of drug-likeness (QED) is 0.454. The Hall–Kier alpha value is -2.08. The molecule has 0 spiro atoms. The molecule has 1 saturated heterocycles. The van der Waals surface area contributed by atoms with E-state index in [4.69, 9.17) is 16.3 Å². The zero-order valence-electron chi connectivity index (χ0n) is 18.6. The number of aromatic nitrogens is 1. The molecule has 1 aromatic heterocycles. The minimum Gasteiger partial charge on any atom is -0.492 e. The molecule has 6 heteroatoms. The van der Waals surface area contributed by atoms with Crippen molar-refractivity contribution >= 4 is 33.4 Å². The van der Waals surface area contributed by atoms with Crippen LogP contribution in [0.4, 0.5) is 0 Å². The molecule has 1 fully saturated rings. The zero-order chi connectivity index (χ0) is 21.8. The molecule has 2 heterocycles. The molecule has 2 aromatic carbocycles. The predicted octanol–water partition coefficient (Wildman–Crippen LogP) is 4.62. The minimum absolute atomic E-state index is 0.0457. The van der Waals surface area contributed by atoms with Gasteiger partial charge in [-0.25, -0.2) is 0 Å². The van der Waals surface area contributed by atoms with E-state index in [9.17, 15) is 4.79 Å². The van der Waals surface area contributed by atoms with Gasteiger partial charge in [0.05, 0.1) is 11.0 Å². The number of fused-ring (bicyclic) bond motifs is 2. The van der Waals surface area contributed by atoms with Gasteiger partial charge in [-0.3, -0.25) is 9.69 Å². The maximum atomic E-state index is 13.2. The average molecular weight is 442 g/mol. The van der Waals surface area contributed by atoms with E-state index in [0.717, 1.165) is 54.9 Å². The van der Waals surface area contributed by atoms with E-state index in [1.807, 2.05) is 30.3 Å². The van der Waals surface area contributed by atoms with E-state index in [2.05, 4.69) is 28.2 Å². The molecule has 0 unspecified atom stereocenters. The molecule has 0 amide bonds. The number of hydrogen-bond donors (Lipinski definition) is 0. The first-order valence-electron chi connectivity index (χ1n) is 11.4. The van der Waals surface area contributed by atoms with Crippen molar-refractivity contribution in [2.24, 2.45) is 0 Å². The Labute approximate surface area is 189 Å². The summed E-state index contributed by atoms with van der Waals surface area (Å²) >= 11 is 6.32. The lowest BCUT2D eigenvalue weighted by molar-refractivity contribution is 0.238. The van der Waals surface area contributed by atoms with Crippen molar-refractivity contribution in [2.75, 3.05) is 45.9 Å². The first kappa shape index (κ1) is 22.1. The van der Waals surface area contributed by atoms with Crippen LogP contribution in [-0.2, 0) is 6.54 Å². The number of pyridine rings is 1. The summed E-state index contributed by atoms with van der Waals surface area (Å²) < 4.78 is 8.31. The minimum atomic E-state index is 0.0457. The molecular formula is C25H32ClN3O2. The summed E-state index contributed by atoms with van der Waals surface area (Å²) in [6.07, 6.45) is 2.56. The third-order valence-electron chi connectivity index (χ3n) is 6.41. The van der Waals surface area contributed by atoms with Crippen LogP contribution in [0.15, 0.2) is 41.2 Å². The largest absolute Gasteiger partial charge is 0.492 e. The van der Waals surface area contributed by atoms with Gasteiger partial charge in [0.1, 0.15) is 12.4 Å². The van der Waals surface area contributed by atoms with Crippen molar-refractivity contribution in [2.45, 2.75) is 33.2 Å². The Balaban J connectivity index is 1.71. The fraction of sp³-hybridized carbons (Fsp3) is 0.480. The molecule has 5 nitrogen and oxygen atoms in total. The molecule has 0 bridgehead atoms. The number of halogens is 1. The molecule has 0 saturated carbocycles. The van der Waals surface area contributed by atoms with Crippen LogP contribution in [0.5, 0.6) is 5.75 Å². The zero-order valence-corrected chi connectivity index (χ0v) is 19.3. The summed E-state index contributed by atoms with van der Waals surface area (Å²) in [4.78, 5) is 18.0. The molecule has 166 valence electrons. The van der Waals surface area contributed by atoms with Crippen molar-refractivity contribution in [1.82, 2.24) is 14.4 Å². The molecule has 4 rings (SSSR count). The van der Waals surface area contributed by atoms with Crippen LogP contribution < -0.4 is 10.2 Å². The topological polar surface area (TPSA) is 37.7 Å². The van der Waals surface area contributed by atoms with Crippen molar-refractivity contribution in [3.05, 3.63) is 51.6 Å². The summed E-state index contributed by atoms with van der Waals surface area (Å²) in [5.41, 5.74) is 1.83. The molecule has 0 radical (unpaired) electrons. The summed E-state index contributed by atoms with van der Waals surface area (Å²) in [6, 6.07) is 11.4. The normalized spacial score (nSPS) is 14.8. The monoisotopic (exact) mass is 441 g/mol. The molecule has 0 aliphatic carbocycles. The number of likely N-dealkylation sites (N-methyl/N-ethyl adjacent to an activating group) is 1. The first-order valence-corrected chi connectivity index (χ1v) is 11.8. The SMILES string of the molecule is CCN(CC)CCn1c2cc(Cl)ccc2c(=O)c2ccc(OCCN3CCCC3)cc21. The first-order chi connectivity index (χ1) is 15.1. The molecule has 0 atom stereocenters. The maximum Gasteiger partial charge on any atom is 0.197 e. The highest BCUT2D eigenvalue weighted by atomic mass is 35.5. The Morgan fingerprint density at radius 1 is 0.968 bits per heavy atom. The van der Waals surface area contributed by atoms with Gasteiger partial charge in [0.25, 0.3) is 0 Å². The highest BCUT2D eigenvalue weighted by Crippen LogP contribution is 2.25. The maximum absolute atomic E-state index is 13.2. The molecule has 1 aliphatic rings. The Morgan fingerprint density at radius 3 is 2.35 bits per heavy atom. The molecule has 1 aliphatic heterocycles. The number of nitrogens with zero attached hydrogens (tertiary/aromatic N) is 3. The smallest absolute Gasteiger partial charge is 0.197 e. The van der Waals surface area contributed by atoms with Gasteiger partial charge in [0, 0.05) is 41.5 Å². The third kappa shape index (κ3) is 4.89. The van der Waals surface area contributed by atoms with Crippen LogP contribution in [0, 0.1) is 0 Å². The van der Waals surface area contributed by atoms with E-state index in [1.54, 1.807) is 6.07 Å². The third-order valence-corrected chi connectivity index (χ3v) is 6.64. The Bertz CT molecular complexity index is 1100. The van der Waals surface area contributed by atoms with E-state index in [-0.39, 0.29) is 5.43 Å². The lowest BCUT2D eigenvalue weighted by Crippen LogP contribution is -2.27. The summed E-state index contributed by atoms with van der Waals surface area (Å²) in [5.74, 6) is 0.809. The predicted molar refractivity (Wildman–Crippen MR) is 130 cm³/mol. The highest BCUT2D eigenvalue weighted by molar-refractivity contribution is 6.31. The van der Waals surface area contributed by atoms with Gasteiger partial charge in [-0.15, -0.1) is 0 Å². The Morgan fingerprint density at radius 2 is 1.65 bits per heavy atom. The van der Waals surface area contributed by atoms with Gasteiger partial charge in [-0.2, -0.15) is 0 Å². The number of hydrogen-bond acceptors (Lipinski definition) is 4. The summed E-state index contributed by atoms with van der Waals surface area (Å²) in [6.45, 7) is 12.0. The van der Waals surface area contributed by atoms with Crippen molar-refractivity contribution in [3.8, 4) is 5.75 Å². The van der Waals surface area contributed by atoms with Crippen molar-refractivity contribution in [3.63, 3.8) is 0 Å². The lowest BCUT2D eigenvalue weighted by atomic mass is 10.1. The van der Waals surface area contributed by atoms with E-state index >= 15 is 0 Å². The number of rotatable bonds is 9. The molecule has 31 heavy (non-hydrogen) atoms. The van der Waals surface area contributed by atoms with Crippen molar-refractivity contribution < 1.29 is 4.74 Å². The summed E-state index contributed by atoms with van der Waals surface area (Å²) in [7, 11) is 0. The molecule has 3 aromatic rings. The average Bonchev–Trinajstić information content (AvgIpc) is 3.29. The number of likely N-dealkylation sites (tertiary alicyclic amines) is 1. The van der Waals surface area contributed by atoms with E-state index < -0.39 is 0 Å². The Kier molecular flexibility index (Phi) is 7.16. The van der Waals surface area contributed by atoms with Gasteiger partial charge in [0.15, 0.2) is 5.43 Å². The van der Waals surface area contributed by atoms with Gasteiger partial charge in [-0.05, 0) is 69.4 Å². The van der Waals surface area contributed by atoms with Crippen LogP contribution in [-0.4, -0.2) is 60.2 Å². The second-order valence-corrected chi connectivity index (χ2v) is 8.68. The number of ether oxygens (including phenoxy) is 1. The van der Waals surface area contributed by atoms with Gasteiger partial charge >= 0.3 is 0 Å². The molecule has 0 N–H and O–H groups in total. The van der Waals surface area contributed by atoms with Crippen LogP contribution in [0.2, 0.25) is 5.02 Å². The highest BCUT2D eigenvalue weighted by Gasteiger charge is 2.14.